The van der Waals surface area contributed by atoms with E-state index >= 15 is 8.78 Å². The van der Waals surface area contributed by atoms with E-state index < -0.39 is 23.3 Å². The van der Waals surface area contributed by atoms with E-state index in [0.717, 1.165) is 32.1 Å². The smallest absolute Gasteiger partial charge is 0.200 e. The minimum atomic E-state index is -1.01. The average molecular weight is 519 g/mol. The Hall–Kier alpha value is -2.34. The summed E-state index contributed by atoms with van der Waals surface area (Å²) in [5.41, 5.74) is 1.10. The summed E-state index contributed by atoms with van der Waals surface area (Å²) in [6, 6.07) is 6.48. The summed E-state index contributed by atoms with van der Waals surface area (Å²) in [5.74, 6) is -2.77. The van der Waals surface area contributed by atoms with Gasteiger partial charge in [0.25, 0.3) is 0 Å². The van der Waals surface area contributed by atoms with Crippen molar-refractivity contribution in [2.75, 3.05) is 6.61 Å². The van der Waals surface area contributed by atoms with Crippen molar-refractivity contribution < 1.29 is 27.0 Å². The van der Waals surface area contributed by atoms with Crippen molar-refractivity contribution in [3.63, 3.8) is 0 Å². The van der Waals surface area contributed by atoms with Crippen LogP contribution in [-0.2, 0) is 11.3 Å². The molecule has 2 fully saturated rings. The summed E-state index contributed by atoms with van der Waals surface area (Å²) in [7, 11) is 0. The van der Waals surface area contributed by atoms with E-state index in [1.807, 2.05) is 0 Å². The molecule has 4 rings (SSSR count). The van der Waals surface area contributed by atoms with Gasteiger partial charge in [-0.3, -0.25) is 0 Å². The first-order valence-electron chi connectivity index (χ1n) is 13.7. The summed E-state index contributed by atoms with van der Waals surface area (Å²) in [6.45, 7) is 6.07. The van der Waals surface area contributed by atoms with Crippen LogP contribution < -0.4 is 4.74 Å². The van der Waals surface area contributed by atoms with E-state index in [-0.39, 0.29) is 42.5 Å². The lowest BCUT2D eigenvalue weighted by Gasteiger charge is -2.30. The molecule has 0 unspecified atom stereocenters. The number of benzene rings is 2. The van der Waals surface area contributed by atoms with Crippen LogP contribution in [0.5, 0.6) is 5.75 Å². The highest BCUT2D eigenvalue weighted by molar-refractivity contribution is 5.32. The summed E-state index contributed by atoms with van der Waals surface area (Å²) in [6.07, 6.45) is 9.61. The number of allylic oxidation sites excluding steroid dienone is 1. The fourth-order valence-electron chi connectivity index (χ4n) is 5.73. The van der Waals surface area contributed by atoms with Gasteiger partial charge in [0.2, 0.25) is 5.82 Å². The molecule has 0 aliphatic heterocycles. The molecule has 2 nitrogen and oxygen atoms in total. The van der Waals surface area contributed by atoms with Gasteiger partial charge >= 0.3 is 0 Å². The minimum absolute atomic E-state index is 0.0491. The molecule has 202 valence electrons. The number of hydrogen-bond acceptors (Lipinski definition) is 2. The lowest BCUT2D eigenvalue weighted by atomic mass is 9.77. The van der Waals surface area contributed by atoms with Crippen molar-refractivity contribution in [1.82, 2.24) is 0 Å². The third-order valence-electron chi connectivity index (χ3n) is 8.12. The molecule has 6 heteroatoms. The van der Waals surface area contributed by atoms with Crippen molar-refractivity contribution in [2.24, 2.45) is 5.92 Å². The molecule has 0 saturated heterocycles. The number of unbranched alkanes of at least 4 members (excludes halogenated alkanes) is 1. The molecule has 0 spiro atoms. The first-order chi connectivity index (χ1) is 17.9. The van der Waals surface area contributed by atoms with E-state index in [1.54, 1.807) is 18.2 Å². The molecule has 37 heavy (non-hydrogen) atoms. The Balaban J connectivity index is 1.29. The maximum absolute atomic E-state index is 15.1. The Morgan fingerprint density at radius 1 is 0.784 bits per heavy atom. The van der Waals surface area contributed by atoms with Gasteiger partial charge in [-0.15, -0.1) is 6.58 Å². The standard InChI is InChI=1S/C31H38F4O2/c1-3-4-5-18-36-27-17-12-23(28(32)31(27)35)19-37-24-13-10-22(11-14-24)26-16-15-25(29(33)30(26)34)21-8-6-20(2)7-9-21/h3,12,15-17,20-22,24H,1,4-11,13-14,18-19H2,2H3. The number of rotatable bonds is 10. The van der Waals surface area contributed by atoms with Crippen LogP contribution in [0.3, 0.4) is 0 Å². The summed E-state index contributed by atoms with van der Waals surface area (Å²) >= 11 is 0. The van der Waals surface area contributed by atoms with Gasteiger partial charge in [-0.05, 0) is 92.4 Å². The van der Waals surface area contributed by atoms with Gasteiger partial charge in [-0.25, -0.2) is 13.2 Å². The Morgan fingerprint density at radius 3 is 1.97 bits per heavy atom. The first kappa shape index (κ1) is 27.7. The van der Waals surface area contributed by atoms with Crippen molar-refractivity contribution in [2.45, 2.75) is 95.7 Å². The van der Waals surface area contributed by atoms with Crippen LogP contribution in [-0.4, -0.2) is 12.7 Å². The van der Waals surface area contributed by atoms with Crippen LogP contribution in [0.25, 0.3) is 0 Å². The second kappa shape index (κ2) is 12.9. The third kappa shape index (κ3) is 6.76. The van der Waals surface area contributed by atoms with Gasteiger partial charge in [0.15, 0.2) is 23.2 Å². The quantitative estimate of drug-likeness (QED) is 0.177. The lowest BCUT2D eigenvalue weighted by molar-refractivity contribution is 0.0116. The van der Waals surface area contributed by atoms with Gasteiger partial charge < -0.3 is 9.47 Å². The van der Waals surface area contributed by atoms with E-state index in [0.29, 0.717) is 49.1 Å². The van der Waals surface area contributed by atoms with Gasteiger partial charge in [0.05, 0.1) is 19.3 Å². The summed E-state index contributed by atoms with van der Waals surface area (Å²) in [4.78, 5) is 0. The van der Waals surface area contributed by atoms with E-state index in [4.69, 9.17) is 9.47 Å². The SMILES string of the molecule is C=CCCCOc1ccc(COC2CCC(c3ccc(C4CCC(C)CC4)c(F)c3F)CC2)c(F)c1F. The molecule has 2 aliphatic carbocycles. The van der Waals surface area contributed by atoms with Gasteiger partial charge in [-0.2, -0.15) is 4.39 Å². The average Bonchev–Trinajstić information content (AvgIpc) is 2.91. The van der Waals surface area contributed by atoms with Crippen LogP contribution >= 0.6 is 0 Å². The number of hydrogen-bond donors (Lipinski definition) is 0. The van der Waals surface area contributed by atoms with Crippen LogP contribution in [0.15, 0.2) is 36.9 Å². The molecule has 0 bridgehead atoms. The minimum Gasteiger partial charge on any atom is -0.490 e. The van der Waals surface area contributed by atoms with Crippen molar-refractivity contribution in [3.05, 3.63) is 76.9 Å². The van der Waals surface area contributed by atoms with E-state index in [9.17, 15) is 8.78 Å². The first-order valence-corrected chi connectivity index (χ1v) is 13.7. The fraction of sp³-hybridized carbons (Fsp3) is 0.548. The predicted octanol–water partition coefficient (Wildman–Crippen LogP) is 9.12. The molecule has 0 heterocycles. The Kier molecular flexibility index (Phi) is 9.69. The number of ether oxygens (including phenoxy) is 2. The molecule has 0 amide bonds. The van der Waals surface area contributed by atoms with Gasteiger partial charge in [0, 0.05) is 5.56 Å². The van der Waals surface area contributed by atoms with E-state index in [2.05, 4.69) is 13.5 Å². The predicted molar refractivity (Wildman–Crippen MR) is 138 cm³/mol. The highest BCUT2D eigenvalue weighted by atomic mass is 19.2. The molecule has 2 saturated carbocycles. The topological polar surface area (TPSA) is 18.5 Å². The maximum atomic E-state index is 15.1. The van der Waals surface area contributed by atoms with Crippen LogP contribution in [0.1, 0.15) is 99.7 Å². The molecule has 0 N–H and O–H groups in total. The number of halogens is 4. The monoisotopic (exact) mass is 518 g/mol. The lowest BCUT2D eigenvalue weighted by Crippen LogP contribution is -2.22. The highest BCUT2D eigenvalue weighted by Gasteiger charge is 2.29. The Morgan fingerprint density at radius 2 is 1.38 bits per heavy atom. The molecule has 0 atom stereocenters. The molecule has 2 aromatic carbocycles. The molecular formula is C31H38F4O2. The molecule has 0 radical (unpaired) electrons. The Labute approximate surface area is 218 Å². The second-order valence-corrected chi connectivity index (χ2v) is 10.7. The summed E-state index contributed by atoms with van der Waals surface area (Å²) < 4.78 is 70.2. The molecular weight excluding hydrogens is 480 g/mol. The zero-order valence-corrected chi connectivity index (χ0v) is 21.7. The van der Waals surface area contributed by atoms with Crippen LogP contribution in [0.2, 0.25) is 0 Å². The van der Waals surface area contributed by atoms with Crippen molar-refractivity contribution >= 4 is 0 Å². The zero-order chi connectivity index (χ0) is 26.4. The van der Waals surface area contributed by atoms with Crippen LogP contribution in [0, 0.1) is 29.2 Å². The third-order valence-corrected chi connectivity index (χ3v) is 8.12. The van der Waals surface area contributed by atoms with Gasteiger partial charge in [0.1, 0.15) is 0 Å². The molecule has 0 aromatic heterocycles. The fourth-order valence-corrected chi connectivity index (χ4v) is 5.73. The van der Waals surface area contributed by atoms with Crippen LogP contribution in [0.4, 0.5) is 17.6 Å². The molecule has 2 aromatic rings. The normalized spacial score (nSPS) is 24.1. The van der Waals surface area contributed by atoms with Crippen molar-refractivity contribution in [1.29, 1.82) is 0 Å². The zero-order valence-electron chi connectivity index (χ0n) is 21.7. The molecule has 2 aliphatic rings. The Bertz CT molecular complexity index is 1050. The van der Waals surface area contributed by atoms with Crippen molar-refractivity contribution in [3.8, 4) is 5.75 Å². The van der Waals surface area contributed by atoms with E-state index in [1.165, 1.54) is 12.1 Å². The summed E-state index contributed by atoms with van der Waals surface area (Å²) in [5, 5.41) is 0. The van der Waals surface area contributed by atoms with Gasteiger partial charge in [-0.1, -0.05) is 38.0 Å². The maximum Gasteiger partial charge on any atom is 0.200 e. The largest absolute Gasteiger partial charge is 0.490 e. The second-order valence-electron chi connectivity index (χ2n) is 10.7. The highest BCUT2D eigenvalue weighted by Crippen LogP contribution is 2.41.